The molecule has 0 unspecified atom stereocenters. The van der Waals surface area contributed by atoms with Crippen LogP contribution in [0.15, 0.2) is 18.7 Å². The smallest absolute Gasteiger partial charge is 0.318 e. The number of fused-ring (bicyclic) bond motifs is 2. The number of likely N-dealkylation sites (tertiary alicyclic amines) is 1. The molecule has 0 spiro atoms. The van der Waals surface area contributed by atoms with Gasteiger partial charge in [0.15, 0.2) is 5.82 Å². The summed E-state index contributed by atoms with van der Waals surface area (Å²) in [7, 11) is 3.77. The molecule has 5 heterocycles. The number of piperazine rings is 1. The molecule has 1 aromatic carbocycles. The van der Waals surface area contributed by atoms with Crippen LogP contribution in [-0.2, 0) is 29.0 Å². The number of aryl methyl sites for hydroxylation is 1. The highest BCUT2D eigenvalue weighted by Crippen LogP contribution is 2.43. The second-order valence-corrected chi connectivity index (χ2v) is 13.0. The molecule has 0 N–H and O–H groups in total. The van der Waals surface area contributed by atoms with Crippen molar-refractivity contribution in [3.05, 3.63) is 46.4 Å². The zero-order valence-corrected chi connectivity index (χ0v) is 27.2. The fourth-order valence-electron chi connectivity index (χ4n) is 7.24. The largest absolute Gasteiger partial charge is 0.462 e. The number of ether oxygens (including phenoxy) is 1. The van der Waals surface area contributed by atoms with Gasteiger partial charge in [-0.2, -0.15) is 15.2 Å². The van der Waals surface area contributed by atoms with Gasteiger partial charge in [-0.25, -0.2) is 4.39 Å². The third-order valence-corrected chi connectivity index (χ3v) is 10.0. The molecule has 11 nitrogen and oxygen atoms in total. The summed E-state index contributed by atoms with van der Waals surface area (Å²) in [4.78, 5) is 44.8. The van der Waals surface area contributed by atoms with Crippen molar-refractivity contribution in [2.24, 2.45) is 0 Å². The number of hydrogen-bond acceptors (Lipinski definition) is 9. The van der Waals surface area contributed by atoms with Gasteiger partial charge >= 0.3 is 6.01 Å². The highest BCUT2D eigenvalue weighted by atomic mass is 35.5. The molecule has 0 radical (unpaired) electrons. The predicted octanol–water partition coefficient (Wildman–Crippen LogP) is 3.72. The quantitative estimate of drug-likeness (QED) is 0.414. The average molecular weight is 651 g/mol. The van der Waals surface area contributed by atoms with Crippen molar-refractivity contribution < 1.29 is 18.7 Å². The van der Waals surface area contributed by atoms with E-state index in [2.05, 4.69) is 29.5 Å². The maximum Gasteiger partial charge on any atom is 0.318 e. The molecule has 4 aliphatic rings. The van der Waals surface area contributed by atoms with E-state index in [4.69, 9.17) is 26.3 Å². The molecule has 2 amide bonds. The maximum absolute atomic E-state index is 16.0. The second-order valence-electron chi connectivity index (χ2n) is 12.5. The molecule has 4 aliphatic heterocycles. The van der Waals surface area contributed by atoms with Crippen LogP contribution in [0.3, 0.4) is 0 Å². The monoisotopic (exact) mass is 650 g/mol. The fraction of sp³-hybridized carbons (Fsp3) is 0.545. The molecule has 2 fully saturated rings. The molecule has 13 heteroatoms. The third-order valence-electron chi connectivity index (χ3n) is 9.77. The number of hydrogen-bond donors (Lipinski definition) is 0. The normalized spacial score (nSPS) is 21.8. The van der Waals surface area contributed by atoms with Gasteiger partial charge in [0.1, 0.15) is 12.4 Å². The Kier molecular flexibility index (Phi) is 9.34. The summed E-state index contributed by atoms with van der Waals surface area (Å²) in [6.07, 6.45) is 5.78. The van der Waals surface area contributed by atoms with Crippen molar-refractivity contribution >= 4 is 40.6 Å². The molecule has 0 aliphatic carbocycles. The Morgan fingerprint density at radius 1 is 1.13 bits per heavy atom. The van der Waals surface area contributed by atoms with Crippen molar-refractivity contribution in [3.63, 3.8) is 0 Å². The Hall–Kier alpha value is -3.95. The van der Waals surface area contributed by atoms with E-state index in [1.165, 1.54) is 11.0 Å². The number of benzene rings is 1. The van der Waals surface area contributed by atoms with E-state index in [1.54, 1.807) is 18.0 Å². The minimum atomic E-state index is -0.553. The average Bonchev–Trinajstić information content (AvgIpc) is 3.34. The number of halogens is 2. The number of aromatic nitrogens is 2. The summed E-state index contributed by atoms with van der Waals surface area (Å²) in [6.45, 7) is 7.25. The number of nitrogens with zero attached hydrogens (tertiary/aromatic N) is 8. The SMILES string of the molecule is C=CC(=O)N1CCN(c2nc(OC[C@@H]3CCCN3C)nc3c2CCCN(c2c(F)c(Cl)cc4c2N(C)C(=O)CC4)C3)C[C@@H]1CC#N. The van der Waals surface area contributed by atoms with Crippen LogP contribution in [0.2, 0.25) is 5.02 Å². The van der Waals surface area contributed by atoms with E-state index in [0.29, 0.717) is 69.8 Å². The first-order valence-corrected chi connectivity index (χ1v) is 16.4. The van der Waals surface area contributed by atoms with Gasteiger partial charge in [-0.3, -0.25) is 9.59 Å². The van der Waals surface area contributed by atoms with Gasteiger partial charge < -0.3 is 29.2 Å². The number of anilines is 3. The topological polar surface area (TPSA) is 109 Å². The van der Waals surface area contributed by atoms with Crippen molar-refractivity contribution in [2.75, 3.05) is 68.1 Å². The van der Waals surface area contributed by atoms with Gasteiger partial charge in [0.2, 0.25) is 11.8 Å². The number of carbonyl (C=O) groups excluding carboxylic acids is 2. The second kappa shape index (κ2) is 13.4. The van der Waals surface area contributed by atoms with Gasteiger partial charge in [-0.1, -0.05) is 18.2 Å². The van der Waals surface area contributed by atoms with Crippen molar-refractivity contribution in [1.29, 1.82) is 5.26 Å². The van der Waals surface area contributed by atoms with Gasteiger partial charge in [-0.15, -0.1) is 0 Å². The fourth-order valence-corrected chi connectivity index (χ4v) is 7.46. The lowest BCUT2D eigenvalue weighted by Crippen LogP contribution is -2.55. The van der Waals surface area contributed by atoms with Gasteiger partial charge in [-0.05, 0) is 63.4 Å². The van der Waals surface area contributed by atoms with Crippen LogP contribution in [0.1, 0.15) is 48.9 Å². The van der Waals surface area contributed by atoms with Gasteiger partial charge in [0.25, 0.3) is 0 Å². The minimum Gasteiger partial charge on any atom is -0.462 e. The summed E-state index contributed by atoms with van der Waals surface area (Å²) in [5.41, 5.74) is 3.37. The first-order valence-electron chi connectivity index (χ1n) is 16.0. The standard InChI is InChI=1S/C33H40ClFN8O3/c1-4-27(44)43-16-15-42(18-22(43)11-12-36)32-24-8-6-14-41(19-26(24)37-33(38-32)46-20-23-7-5-13-39(23)2)31-29(35)25(34)17-21-9-10-28(45)40(3)30(21)31/h4,17,22-23H,1,5-11,13-16,18-20H2,2-3H3/t22-,23-/m0/s1. The van der Waals surface area contributed by atoms with Crippen LogP contribution in [-0.4, -0.2) is 97.1 Å². The predicted molar refractivity (Wildman–Crippen MR) is 174 cm³/mol. The van der Waals surface area contributed by atoms with Crippen LogP contribution in [0.25, 0.3) is 0 Å². The Balaban J connectivity index is 1.39. The van der Waals surface area contributed by atoms with E-state index in [-0.39, 0.29) is 47.9 Å². The summed E-state index contributed by atoms with van der Waals surface area (Å²) in [5, 5.41) is 9.59. The molecular weight excluding hydrogens is 611 g/mol. The number of nitriles is 1. The van der Waals surface area contributed by atoms with Crippen molar-refractivity contribution in [2.45, 2.75) is 63.6 Å². The van der Waals surface area contributed by atoms with Gasteiger partial charge in [0, 0.05) is 51.3 Å². The summed E-state index contributed by atoms with van der Waals surface area (Å²) < 4.78 is 22.2. The van der Waals surface area contributed by atoms with E-state index >= 15 is 4.39 Å². The van der Waals surface area contributed by atoms with E-state index in [9.17, 15) is 14.9 Å². The molecule has 244 valence electrons. The summed E-state index contributed by atoms with van der Waals surface area (Å²) in [6, 6.07) is 4.04. The lowest BCUT2D eigenvalue weighted by molar-refractivity contribution is -0.128. The highest BCUT2D eigenvalue weighted by Gasteiger charge is 2.35. The zero-order valence-electron chi connectivity index (χ0n) is 26.5. The maximum atomic E-state index is 16.0. The number of amides is 2. The van der Waals surface area contributed by atoms with Crippen LogP contribution < -0.4 is 19.4 Å². The Bertz CT molecular complexity index is 1580. The minimum absolute atomic E-state index is 0.0320. The number of carbonyl (C=O) groups is 2. The van der Waals surface area contributed by atoms with Crippen LogP contribution in [0.5, 0.6) is 6.01 Å². The lowest BCUT2D eigenvalue weighted by Gasteiger charge is -2.41. The Labute approximate surface area is 274 Å². The summed E-state index contributed by atoms with van der Waals surface area (Å²) >= 11 is 6.43. The van der Waals surface area contributed by atoms with Crippen molar-refractivity contribution in [3.8, 4) is 12.1 Å². The number of likely N-dealkylation sites (N-methyl/N-ethyl adjacent to an activating group) is 1. The molecule has 46 heavy (non-hydrogen) atoms. The molecule has 0 saturated carbocycles. The van der Waals surface area contributed by atoms with Crippen molar-refractivity contribution in [1.82, 2.24) is 19.8 Å². The number of rotatable bonds is 7. The lowest BCUT2D eigenvalue weighted by atomic mass is 9.99. The molecule has 2 atom stereocenters. The van der Waals surface area contributed by atoms with E-state index < -0.39 is 5.82 Å². The first kappa shape index (κ1) is 32.0. The molecule has 0 bridgehead atoms. The van der Waals surface area contributed by atoms with E-state index in [1.807, 2.05) is 4.90 Å². The molecular formula is C33H40ClFN8O3. The third kappa shape index (κ3) is 6.10. The molecule has 1 aromatic heterocycles. The van der Waals surface area contributed by atoms with E-state index in [0.717, 1.165) is 42.0 Å². The first-order chi connectivity index (χ1) is 22.2. The van der Waals surface area contributed by atoms with Crippen LogP contribution in [0.4, 0.5) is 21.6 Å². The highest BCUT2D eigenvalue weighted by molar-refractivity contribution is 6.31. The Morgan fingerprint density at radius 2 is 1.96 bits per heavy atom. The molecule has 6 rings (SSSR count). The van der Waals surface area contributed by atoms with Gasteiger partial charge in [0.05, 0.1) is 47.2 Å². The Morgan fingerprint density at radius 3 is 2.70 bits per heavy atom. The van der Waals surface area contributed by atoms with Crippen LogP contribution >= 0.6 is 11.6 Å². The molecule has 2 aromatic rings. The summed E-state index contributed by atoms with van der Waals surface area (Å²) in [5.74, 6) is -0.0973. The molecule has 2 saturated heterocycles. The zero-order chi connectivity index (χ0) is 32.5. The van der Waals surface area contributed by atoms with Crippen LogP contribution in [0, 0.1) is 17.1 Å².